The zero-order chi connectivity index (χ0) is 13.0. The molecule has 17 heavy (non-hydrogen) atoms. The van der Waals surface area contributed by atoms with Crippen LogP contribution < -0.4 is 21.9 Å². The third kappa shape index (κ3) is 3.33. The predicted octanol–water partition coefficient (Wildman–Crippen LogP) is 0.362. The van der Waals surface area contributed by atoms with Gasteiger partial charge in [0.25, 0.3) is 0 Å². The highest BCUT2D eigenvalue weighted by atomic mass is 19.1. The lowest BCUT2D eigenvalue weighted by Crippen LogP contribution is -2.26. The average Bonchev–Trinajstić information content (AvgIpc) is 2.21. The normalized spacial score (nSPS) is 11.1. The molecule has 6 N–H and O–H groups in total. The molecule has 7 heteroatoms. The van der Waals surface area contributed by atoms with E-state index in [1.165, 1.54) is 19.2 Å². The molecular weight excluding hydrogens is 225 g/mol. The molecule has 0 saturated heterocycles. The van der Waals surface area contributed by atoms with Crippen LogP contribution >= 0.6 is 0 Å². The number of aliphatic imine (C=N–C) groups is 2. The van der Waals surface area contributed by atoms with Crippen molar-refractivity contribution in [3.8, 4) is 5.75 Å². The van der Waals surface area contributed by atoms with Gasteiger partial charge >= 0.3 is 0 Å². The highest BCUT2D eigenvalue weighted by molar-refractivity contribution is 5.93. The summed E-state index contributed by atoms with van der Waals surface area (Å²) in [5.74, 6) is -0.427. The Morgan fingerprint density at radius 1 is 1.29 bits per heavy atom. The molecule has 0 heterocycles. The fraction of sp³-hybridized carbons (Fsp3) is 0.200. The largest absolute Gasteiger partial charge is 0.494 e. The van der Waals surface area contributed by atoms with Crippen LogP contribution in [0.15, 0.2) is 22.1 Å². The summed E-state index contributed by atoms with van der Waals surface area (Å²) in [7, 11) is 1.45. The van der Waals surface area contributed by atoms with Gasteiger partial charge in [-0.2, -0.15) is 4.99 Å². The average molecular weight is 239 g/mol. The number of methoxy groups -OCH3 is 1. The van der Waals surface area contributed by atoms with E-state index in [0.29, 0.717) is 11.3 Å². The van der Waals surface area contributed by atoms with E-state index in [4.69, 9.17) is 21.9 Å². The molecule has 0 bridgehead atoms. The van der Waals surface area contributed by atoms with Gasteiger partial charge in [0, 0.05) is 6.07 Å². The van der Waals surface area contributed by atoms with Crippen LogP contribution in [0.2, 0.25) is 0 Å². The molecule has 0 unspecified atom stereocenters. The summed E-state index contributed by atoms with van der Waals surface area (Å²) in [4.78, 5) is 7.38. The van der Waals surface area contributed by atoms with Gasteiger partial charge in [-0.1, -0.05) is 0 Å². The number of hydrogen-bond donors (Lipinski definition) is 3. The summed E-state index contributed by atoms with van der Waals surface area (Å²) in [6.07, 6.45) is 0. The van der Waals surface area contributed by atoms with Gasteiger partial charge in [0.15, 0.2) is 5.96 Å². The highest BCUT2D eigenvalue weighted by Gasteiger charge is 2.07. The summed E-state index contributed by atoms with van der Waals surface area (Å²) in [5, 5.41) is 0. The molecule has 1 rings (SSSR count). The molecule has 0 radical (unpaired) electrons. The lowest BCUT2D eigenvalue weighted by Gasteiger charge is -2.06. The molecule has 1 aromatic carbocycles. The molecule has 6 nitrogen and oxygen atoms in total. The minimum atomic E-state index is -0.415. The predicted molar refractivity (Wildman–Crippen MR) is 64.8 cm³/mol. The molecule has 0 saturated carbocycles. The third-order valence-corrected chi connectivity index (χ3v) is 1.94. The Morgan fingerprint density at radius 3 is 2.47 bits per heavy atom. The zero-order valence-corrected chi connectivity index (χ0v) is 9.57. The van der Waals surface area contributed by atoms with Gasteiger partial charge in [-0.15, -0.1) is 0 Å². The standard InChI is InChI=1S/C10H14FN5O/c1-5-3-8(17-2)7(4-6(5)11)15-10(14)16-9(12)13/h3-4H,1-2H3,(H6,12,13,14,15,16). The molecule has 0 atom stereocenters. The Morgan fingerprint density at radius 2 is 1.94 bits per heavy atom. The van der Waals surface area contributed by atoms with Gasteiger partial charge in [-0.3, -0.25) is 0 Å². The summed E-state index contributed by atoms with van der Waals surface area (Å²) in [6.45, 7) is 1.62. The van der Waals surface area contributed by atoms with Crippen molar-refractivity contribution in [2.24, 2.45) is 27.2 Å². The van der Waals surface area contributed by atoms with Crippen molar-refractivity contribution < 1.29 is 9.13 Å². The number of nitrogens with zero attached hydrogens (tertiary/aromatic N) is 2. The summed E-state index contributed by atoms with van der Waals surface area (Å²) in [6, 6.07) is 2.71. The Bertz CT molecular complexity index is 480. The van der Waals surface area contributed by atoms with Crippen molar-refractivity contribution in [3.63, 3.8) is 0 Å². The quantitative estimate of drug-likeness (QED) is 0.511. The monoisotopic (exact) mass is 239 g/mol. The number of ether oxygens (including phenoxy) is 1. The smallest absolute Gasteiger partial charge is 0.223 e. The van der Waals surface area contributed by atoms with Gasteiger partial charge in [-0.25, -0.2) is 9.38 Å². The molecule has 0 aromatic heterocycles. The fourth-order valence-corrected chi connectivity index (χ4v) is 1.18. The van der Waals surface area contributed by atoms with Gasteiger partial charge in [-0.05, 0) is 18.6 Å². The van der Waals surface area contributed by atoms with E-state index in [-0.39, 0.29) is 17.6 Å². The Hall–Kier alpha value is -2.31. The first-order valence-corrected chi connectivity index (χ1v) is 4.72. The Kier molecular flexibility index (Phi) is 3.86. The van der Waals surface area contributed by atoms with Crippen LogP contribution in [0.1, 0.15) is 5.56 Å². The van der Waals surface area contributed by atoms with Crippen LogP contribution in [0.5, 0.6) is 5.75 Å². The summed E-state index contributed by atoms with van der Waals surface area (Å²) >= 11 is 0. The second-order valence-electron chi connectivity index (χ2n) is 3.28. The second-order valence-corrected chi connectivity index (χ2v) is 3.28. The molecule has 0 aliphatic carbocycles. The maximum atomic E-state index is 13.4. The number of hydrogen-bond acceptors (Lipinski definition) is 2. The van der Waals surface area contributed by atoms with Crippen LogP contribution in [0.3, 0.4) is 0 Å². The van der Waals surface area contributed by atoms with Crippen molar-refractivity contribution in [1.29, 1.82) is 0 Å². The first-order chi connectivity index (χ1) is 7.93. The van der Waals surface area contributed by atoms with Crippen LogP contribution in [-0.2, 0) is 0 Å². The van der Waals surface area contributed by atoms with Crippen molar-refractivity contribution in [2.45, 2.75) is 6.92 Å². The van der Waals surface area contributed by atoms with Gasteiger partial charge < -0.3 is 21.9 Å². The Balaban J connectivity index is 3.22. The second kappa shape index (κ2) is 5.15. The maximum absolute atomic E-state index is 13.4. The van der Waals surface area contributed by atoms with Gasteiger partial charge in [0.1, 0.15) is 17.3 Å². The topological polar surface area (TPSA) is 112 Å². The van der Waals surface area contributed by atoms with E-state index in [9.17, 15) is 4.39 Å². The van der Waals surface area contributed by atoms with Crippen molar-refractivity contribution >= 4 is 17.6 Å². The van der Waals surface area contributed by atoms with E-state index in [1.54, 1.807) is 6.92 Å². The van der Waals surface area contributed by atoms with Crippen LogP contribution in [0.4, 0.5) is 10.1 Å². The fourth-order valence-electron chi connectivity index (χ4n) is 1.18. The van der Waals surface area contributed by atoms with E-state index in [2.05, 4.69) is 9.98 Å². The number of aryl methyl sites for hydroxylation is 1. The molecule has 0 spiro atoms. The lowest BCUT2D eigenvalue weighted by molar-refractivity contribution is 0.414. The number of benzene rings is 1. The zero-order valence-electron chi connectivity index (χ0n) is 9.57. The molecular formula is C10H14FN5O. The van der Waals surface area contributed by atoms with E-state index >= 15 is 0 Å². The van der Waals surface area contributed by atoms with Crippen molar-refractivity contribution in [1.82, 2.24) is 0 Å². The third-order valence-electron chi connectivity index (χ3n) is 1.94. The molecule has 0 aliphatic heterocycles. The van der Waals surface area contributed by atoms with E-state index < -0.39 is 5.82 Å². The van der Waals surface area contributed by atoms with Gasteiger partial charge in [0.2, 0.25) is 5.96 Å². The molecule has 92 valence electrons. The lowest BCUT2D eigenvalue weighted by atomic mass is 10.2. The maximum Gasteiger partial charge on any atom is 0.223 e. The van der Waals surface area contributed by atoms with Crippen LogP contribution in [-0.4, -0.2) is 19.0 Å². The summed E-state index contributed by atoms with van der Waals surface area (Å²) in [5.41, 5.74) is 16.4. The number of rotatable bonds is 2. The van der Waals surface area contributed by atoms with Crippen molar-refractivity contribution in [2.75, 3.05) is 7.11 Å². The first-order valence-electron chi connectivity index (χ1n) is 4.72. The van der Waals surface area contributed by atoms with Gasteiger partial charge in [0.05, 0.1) is 7.11 Å². The van der Waals surface area contributed by atoms with Crippen molar-refractivity contribution in [3.05, 3.63) is 23.5 Å². The van der Waals surface area contributed by atoms with E-state index in [1.807, 2.05) is 0 Å². The minimum Gasteiger partial charge on any atom is -0.494 e. The summed E-state index contributed by atoms with van der Waals surface area (Å²) < 4.78 is 18.4. The van der Waals surface area contributed by atoms with Crippen LogP contribution in [0, 0.1) is 12.7 Å². The number of nitrogens with two attached hydrogens (primary N) is 3. The Labute approximate surface area is 98.0 Å². The number of halogens is 1. The van der Waals surface area contributed by atoms with E-state index in [0.717, 1.165) is 0 Å². The molecule has 1 aromatic rings. The molecule has 0 aliphatic rings. The number of guanidine groups is 2. The SMILES string of the molecule is COc1cc(C)c(F)cc1N=C(N)N=C(N)N. The minimum absolute atomic E-state index is 0.174. The first kappa shape index (κ1) is 12.8. The highest BCUT2D eigenvalue weighted by Crippen LogP contribution is 2.30. The van der Waals surface area contributed by atoms with Crippen LogP contribution in [0.25, 0.3) is 0 Å². The molecule has 0 fully saturated rings. The molecule has 0 amide bonds.